The fourth-order valence-corrected chi connectivity index (χ4v) is 9.97. The number of piperidine rings is 1. The van der Waals surface area contributed by atoms with Crippen LogP contribution < -0.4 is 20.3 Å². The first-order valence-corrected chi connectivity index (χ1v) is 22.9. The van der Waals surface area contributed by atoms with E-state index in [4.69, 9.17) is 9.47 Å². The zero-order chi connectivity index (χ0) is 45.3. The van der Waals surface area contributed by atoms with Crippen molar-refractivity contribution >= 4 is 40.8 Å². The highest BCUT2D eigenvalue weighted by Crippen LogP contribution is 2.37. The second-order valence-electron chi connectivity index (χ2n) is 17.9. The Kier molecular flexibility index (Phi) is 12.5. The number of hydrogen-bond acceptors (Lipinski definition) is 12. The maximum Gasteiger partial charge on any atom is 0.284 e. The first kappa shape index (κ1) is 43.6. The summed E-state index contributed by atoms with van der Waals surface area (Å²) in [5, 5.41) is 13.6. The van der Waals surface area contributed by atoms with Crippen molar-refractivity contribution in [1.82, 2.24) is 44.4 Å². The van der Waals surface area contributed by atoms with Gasteiger partial charge in [0.25, 0.3) is 18.2 Å². The number of morpholine rings is 1. The highest BCUT2D eigenvalue weighted by molar-refractivity contribution is 6.08. The lowest BCUT2D eigenvalue weighted by molar-refractivity contribution is -0.136. The van der Waals surface area contributed by atoms with Crippen LogP contribution in [0.15, 0.2) is 67.1 Å². The van der Waals surface area contributed by atoms with E-state index in [1.54, 1.807) is 29.2 Å². The van der Waals surface area contributed by atoms with E-state index in [-0.39, 0.29) is 42.1 Å². The maximum atomic E-state index is 14.3. The van der Waals surface area contributed by atoms with E-state index in [0.717, 1.165) is 76.1 Å². The van der Waals surface area contributed by atoms with Gasteiger partial charge in [-0.2, -0.15) is 10.2 Å². The predicted molar refractivity (Wildman–Crippen MR) is 237 cm³/mol. The monoisotopic (exact) mass is 905 g/mol. The summed E-state index contributed by atoms with van der Waals surface area (Å²) in [4.78, 5) is 64.1. The average molecular weight is 906 g/mol. The van der Waals surface area contributed by atoms with Crippen LogP contribution in [-0.4, -0.2) is 128 Å². The van der Waals surface area contributed by atoms with Crippen molar-refractivity contribution in [3.8, 4) is 5.75 Å². The lowest BCUT2D eigenvalue weighted by Gasteiger charge is -2.38. The molecule has 7 heterocycles. The lowest BCUT2D eigenvalue weighted by Crippen LogP contribution is -2.52. The molecule has 346 valence electrons. The van der Waals surface area contributed by atoms with Crippen molar-refractivity contribution < 1.29 is 37.4 Å². The molecular weight excluding hydrogens is 853 g/mol. The number of amides is 4. The molecule has 4 aliphatic heterocycles. The Hall–Kier alpha value is -6.31. The van der Waals surface area contributed by atoms with Gasteiger partial charge in [0, 0.05) is 82.3 Å². The van der Waals surface area contributed by atoms with Crippen molar-refractivity contribution in [2.24, 2.45) is 5.92 Å². The topological polar surface area (TPSA) is 172 Å². The van der Waals surface area contributed by atoms with Gasteiger partial charge in [-0.3, -0.25) is 34.1 Å². The van der Waals surface area contributed by atoms with E-state index >= 15 is 0 Å². The molecule has 0 bridgehead atoms. The molecule has 66 heavy (non-hydrogen) atoms. The molecular formula is C47H53F2N11O6. The number of nitrogens with zero attached hydrogens (tertiary/aromatic N) is 9. The second-order valence-corrected chi connectivity index (χ2v) is 17.9. The Labute approximate surface area is 380 Å². The highest BCUT2D eigenvalue weighted by atomic mass is 19.3. The van der Waals surface area contributed by atoms with Crippen molar-refractivity contribution in [3.05, 3.63) is 101 Å². The van der Waals surface area contributed by atoms with Crippen molar-refractivity contribution in [2.75, 3.05) is 69.2 Å². The number of rotatable bonds is 13. The Balaban J connectivity index is 0.669. The number of halogens is 2. The molecule has 0 spiro atoms. The number of piperazine rings is 1. The van der Waals surface area contributed by atoms with Gasteiger partial charge in [-0.25, -0.2) is 18.3 Å². The predicted octanol–water partition coefficient (Wildman–Crippen LogP) is 4.84. The molecule has 19 heteroatoms. The molecule has 1 saturated carbocycles. The zero-order valence-electron chi connectivity index (χ0n) is 36.6. The van der Waals surface area contributed by atoms with Crippen molar-refractivity contribution in [2.45, 2.75) is 76.7 Å². The Morgan fingerprint density at radius 2 is 1.67 bits per heavy atom. The maximum absolute atomic E-state index is 14.3. The molecule has 4 fully saturated rings. The Morgan fingerprint density at radius 1 is 0.909 bits per heavy atom. The summed E-state index contributed by atoms with van der Waals surface area (Å²) in [6.45, 7) is 8.87. The van der Waals surface area contributed by atoms with Gasteiger partial charge in [-0.15, -0.1) is 0 Å². The largest absolute Gasteiger partial charge is 0.489 e. The molecule has 3 aromatic heterocycles. The van der Waals surface area contributed by atoms with Gasteiger partial charge in [0.05, 0.1) is 37.7 Å². The number of aromatic nitrogens is 5. The summed E-state index contributed by atoms with van der Waals surface area (Å²) in [5.41, 5.74) is 3.59. The van der Waals surface area contributed by atoms with Gasteiger partial charge in [0.15, 0.2) is 11.3 Å². The molecule has 0 radical (unpaired) electrons. The molecule has 4 amide bonds. The van der Waals surface area contributed by atoms with Gasteiger partial charge < -0.3 is 29.5 Å². The van der Waals surface area contributed by atoms with E-state index in [1.807, 2.05) is 12.1 Å². The molecule has 10 rings (SSSR count). The van der Waals surface area contributed by atoms with E-state index < -0.39 is 30.0 Å². The number of imide groups is 1. The summed E-state index contributed by atoms with van der Waals surface area (Å²) in [6, 6.07) is 14.9. The number of alkyl halides is 2. The van der Waals surface area contributed by atoms with Gasteiger partial charge in [-0.05, 0) is 67.3 Å². The SMILES string of the molecule is O=C1CCC(N2Cc3c(OCc4ccc(CN5CCN(CC6CCC(n7cc(NC(=O)c8cnn9ccc(N%10CCOCC%10)nc89)c(C(F)F)n7)CC6)CC5)cc4)cccc3C2=O)C(=O)N1. The molecule has 3 saturated heterocycles. The number of carbonyl (C=O) groups excluding carboxylic acids is 4. The number of ether oxygens (including phenoxy) is 2. The van der Waals surface area contributed by atoms with Crippen LogP contribution in [0.2, 0.25) is 0 Å². The molecule has 1 atom stereocenters. The normalized spacial score (nSPS) is 22.0. The Morgan fingerprint density at radius 3 is 2.42 bits per heavy atom. The molecule has 17 nitrogen and oxygen atoms in total. The number of nitrogens with one attached hydrogen (secondary N) is 2. The number of fused-ring (bicyclic) bond motifs is 2. The fourth-order valence-electron chi connectivity index (χ4n) is 9.97. The summed E-state index contributed by atoms with van der Waals surface area (Å²) in [6.07, 6.45) is 5.93. The number of anilines is 2. The van der Waals surface area contributed by atoms with Gasteiger partial charge in [0.1, 0.15) is 29.8 Å². The average Bonchev–Trinajstić information content (AvgIpc) is 4.05. The molecule has 5 aromatic rings. The van der Waals surface area contributed by atoms with Crippen LogP contribution in [0.4, 0.5) is 20.3 Å². The van der Waals surface area contributed by atoms with Gasteiger partial charge in [-0.1, -0.05) is 30.3 Å². The molecule has 1 unspecified atom stereocenters. The summed E-state index contributed by atoms with van der Waals surface area (Å²) in [5.74, 6) is 0.276. The highest BCUT2D eigenvalue weighted by Gasteiger charge is 2.40. The molecule has 5 aliphatic rings. The minimum atomic E-state index is -2.86. The molecule has 2 aromatic carbocycles. The summed E-state index contributed by atoms with van der Waals surface area (Å²) >= 11 is 0. The summed E-state index contributed by atoms with van der Waals surface area (Å²) in [7, 11) is 0. The van der Waals surface area contributed by atoms with E-state index in [2.05, 4.69) is 64.8 Å². The van der Waals surface area contributed by atoms with Crippen LogP contribution in [0, 0.1) is 5.92 Å². The lowest BCUT2D eigenvalue weighted by atomic mass is 9.85. The van der Waals surface area contributed by atoms with Crippen LogP contribution in [0.5, 0.6) is 5.75 Å². The van der Waals surface area contributed by atoms with E-state index in [9.17, 15) is 28.0 Å². The number of carbonyl (C=O) groups is 4. The minimum Gasteiger partial charge on any atom is -0.489 e. The first-order valence-electron chi connectivity index (χ1n) is 22.9. The smallest absolute Gasteiger partial charge is 0.284 e. The Bertz CT molecular complexity index is 2600. The standard InChI is InChI=1S/C47H53F2N11O6/c48-43(49)42-37(51-45(62)35-24-50-59-15-14-40(52-44(35)59)57-20-22-65-23-21-57)28-60(54-42)33-10-8-31(9-11-33)26-56-18-16-55(17-19-56)25-30-4-6-32(7-5-30)29-66-39-3-1-2-34-36(39)27-58(47(34)64)38-12-13-41(61)53-46(38)63/h1-7,14-15,24,28,31,33,38,43H,8-13,16-23,25-27,29H2,(H,51,62)(H,53,61,63). The quantitative estimate of drug-likeness (QED) is 0.154. The molecule has 2 N–H and O–H groups in total. The third-order valence-electron chi connectivity index (χ3n) is 13.7. The van der Waals surface area contributed by atoms with Crippen LogP contribution in [-0.2, 0) is 34.0 Å². The van der Waals surface area contributed by atoms with Crippen LogP contribution in [0.25, 0.3) is 5.65 Å². The van der Waals surface area contributed by atoms with Crippen LogP contribution >= 0.6 is 0 Å². The minimum absolute atomic E-state index is 0.00284. The first-order chi connectivity index (χ1) is 32.1. The van der Waals surface area contributed by atoms with E-state index in [1.165, 1.54) is 21.2 Å². The van der Waals surface area contributed by atoms with Crippen LogP contribution in [0.1, 0.15) is 94.1 Å². The zero-order valence-corrected chi connectivity index (χ0v) is 36.6. The fraction of sp³-hybridized carbons (Fsp3) is 0.468. The van der Waals surface area contributed by atoms with Gasteiger partial charge >= 0.3 is 0 Å². The molecule has 1 aliphatic carbocycles. The number of hydrogen-bond donors (Lipinski definition) is 2. The second kappa shape index (κ2) is 18.9. The van der Waals surface area contributed by atoms with Gasteiger partial charge in [0.2, 0.25) is 11.8 Å². The van der Waals surface area contributed by atoms with Crippen molar-refractivity contribution in [3.63, 3.8) is 0 Å². The summed E-state index contributed by atoms with van der Waals surface area (Å²) < 4.78 is 43.4. The number of benzene rings is 2. The van der Waals surface area contributed by atoms with Crippen LogP contribution in [0.3, 0.4) is 0 Å². The third-order valence-corrected chi connectivity index (χ3v) is 13.7. The van der Waals surface area contributed by atoms with Crippen molar-refractivity contribution in [1.29, 1.82) is 0 Å². The third kappa shape index (κ3) is 9.23. The van der Waals surface area contributed by atoms with E-state index in [0.29, 0.717) is 68.0 Å².